The Labute approximate surface area is 87.9 Å². The summed E-state index contributed by atoms with van der Waals surface area (Å²) >= 11 is 0. The largest absolute Gasteiger partial charge is 0.475 e. The van der Waals surface area contributed by atoms with E-state index in [-0.39, 0.29) is 5.76 Å². The SMILES string of the molecule is CN1CCN(c2ccc(C(=O)O)o2)CC1. The van der Waals surface area contributed by atoms with Gasteiger partial charge >= 0.3 is 5.97 Å². The summed E-state index contributed by atoms with van der Waals surface area (Å²) < 4.78 is 5.23. The molecule has 1 N–H and O–H groups in total. The zero-order valence-electron chi connectivity index (χ0n) is 8.64. The molecule has 1 aliphatic heterocycles. The van der Waals surface area contributed by atoms with E-state index in [1.165, 1.54) is 6.07 Å². The van der Waals surface area contributed by atoms with Gasteiger partial charge in [0, 0.05) is 32.2 Å². The number of aromatic carboxylic acids is 1. The molecule has 1 saturated heterocycles. The monoisotopic (exact) mass is 210 g/mol. The van der Waals surface area contributed by atoms with Crippen LogP contribution >= 0.6 is 0 Å². The Balaban J connectivity index is 2.06. The lowest BCUT2D eigenvalue weighted by molar-refractivity contribution is 0.0663. The Morgan fingerprint density at radius 1 is 1.33 bits per heavy atom. The van der Waals surface area contributed by atoms with Gasteiger partial charge in [0.1, 0.15) is 0 Å². The van der Waals surface area contributed by atoms with Crippen LogP contribution in [-0.2, 0) is 0 Å². The maximum Gasteiger partial charge on any atom is 0.371 e. The predicted molar refractivity (Wildman–Crippen MR) is 55.4 cm³/mol. The zero-order chi connectivity index (χ0) is 10.8. The van der Waals surface area contributed by atoms with E-state index in [1.807, 2.05) is 0 Å². The fraction of sp³-hybridized carbons (Fsp3) is 0.500. The number of carboxylic acid groups (broad SMARTS) is 1. The lowest BCUT2D eigenvalue weighted by Gasteiger charge is -2.32. The van der Waals surface area contributed by atoms with E-state index in [4.69, 9.17) is 9.52 Å². The number of rotatable bonds is 2. The first kappa shape index (κ1) is 10.0. The third-order valence-corrected chi connectivity index (χ3v) is 2.62. The Bertz CT molecular complexity index is 353. The average molecular weight is 210 g/mol. The number of anilines is 1. The zero-order valence-corrected chi connectivity index (χ0v) is 8.64. The summed E-state index contributed by atoms with van der Waals surface area (Å²) in [6.07, 6.45) is 0. The molecule has 0 unspecified atom stereocenters. The fourth-order valence-corrected chi connectivity index (χ4v) is 1.64. The molecular weight excluding hydrogens is 196 g/mol. The quantitative estimate of drug-likeness (QED) is 0.779. The average Bonchev–Trinajstić information content (AvgIpc) is 2.68. The highest BCUT2D eigenvalue weighted by Crippen LogP contribution is 2.19. The van der Waals surface area contributed by atoms with Crippen LogP contribution in [0.1, 0.15) is 10.6 Å². The maximum absolute atomic E-state index is 10.6. The predicted octanol–water partition coefficient (Wildman–Crippen LogP) is 0.730. The topological polar surface area (TPSA) is 56.9 Å². The molecule has 0 radical (unpaired) electrons. The van der Waals surface area contributed by atoms with Crippen LogP contribution in [0.2, 0.25) is 0 Å². The second-order valence-electron chi connectivity index (χ2n) is 3.73. The van der Waals surface area contributed by atoms with Crippen molar-refractivity contribution in [3.8, 4) is 0 Å². The van der Waals surface area contributed by atoms with Crippen LogP contribution in [-0.4, -0.2) is 49.2 Å². The van der Waals surface area contributed by atoms with E-state index >= 15 is 0 Å². The molecule has 0 atom stereocenters. The second kappa shape index (κ2) is 3.94. The van der Waals surface area contributed by atoms with Crippen molar-refractivity contribution < 1.29 is 14.3 Å². The number of piperazine rings is 1. The Hall–Kier alpha value is -1.49. The minimum atomic E-state index is -1.02. The highest BCUT2D eigenvalue weighted by molar-refractivity contribution is 5.84. The molecule has 1 aromatic rings. The molecule has 0 amide bonds. The number of carbonyl (C=O) groups is 1. The van der Waals surface area contributed by atoms with Gasteiger partial charge in [-0.1, -0.05) is 0 Å². The summed E-state index contributed by atoms with van der Waals surface area (Å²) in [6.45, 7) is 3.71. The summed E-state index contributed by atoms with van der Waals surface area (Å²) in [5, 5.41) is 8.72. The molecule has 0 aromatic carbocycles. The molecule has 1 aromatic heterocycles. The molecule has 1 fully saturated rings. The molecular formula is C10H14N2O3. The third-order valence-electron chi connectivity index (χ3n) is 2.62. The third kappa shape index (κ3) is 2.12. The van der Waals surface area contributed by atoms with Gasteiger partial charge < -0.3 is 19.3 Å². The Kier molecular flexibility index (Phi) is 2.64. The van der Waals surface area contributed by atoms with Crippen molar-refractivity contribution in [2.24, 2.45) is 0 Å². The fourth-order valence-electron chi connectivity index (χ4n) is 1.64. The van der Waals surface area contributed by atoms with Crippen LogP contribution in [0.25, 0.3) is 0 Å². The van der Waals surface area contributed by atoms with Gasteiger partial charge in [-0.3, -0.25) is 0 Å². The van der Waals surface area contributed by atoms with Gasteiger partial charge in [0.2, 0.25) is 5.76 Å². The van der Waals surface area contributed by atoms with Gasteiger partial charge in [0.25, 0.3) is 0 Å². The molecule has 2 rings (SSSR count). The van der Waals surface area contributed by atoms with Crippen molar-refractivity contribution in [3.05, 3.63) is 17.9 Å². The number of likely N-dealkylation sites (N-methyl/N-ethyl adjacent to an activating group) is 1. The number of furan rings is 1. The highest BCUT2D eigenvalue weighted by Gasteiger charge is 2.18. The van der Waals surface area contributed by atoms with Crippen molar-refractivity contribution in [1.29, 1.82) is 0 Å². The minimum Gasteiger partial charge on any atom is -0.475 e. The van der Waals surface area contributed by atoms with Crippen LogP contribution in [0.5, 0.6) is 0 Å². The first-order valence-electron chi connectivity index (χ1n) is 4.93. The smallest absolute Gasteiger partial charge is 0.371 e. The number of carboxylic acids is 1. The first-order valence-corrected chi connectivity index (χ1v) is 4.93. The second-order valence-corrected chi connectivity index (χ2v) is 3.73. The van der Waals surface area contributed by atoms with Crippen molar-refractivity contribution in [3.63, 3.8) is 0 Å². The van der Waals surface area contributed by atoms with Crippen LogP contribution in [0.15, 0.2) is 16.5 Å². The summed E-state index contributed by atoms with van der Waals surface area (Å²) in [6, 6.07) is 3.21. The maximum atomic E-state index is 10.6. The molecule has 2 heterocycles. The van der Waals surface area contributed by atoms with Crippen molar-refractivity contribution >= 4 is 11.9 Å². The Morgan fingerprint density at radius 2 is 2.00 bits per heavy atom. The van der Waals surface area contributed by atoms with E-state index in [0.29, 0.717) is 5.88 Å². The van der Waals surface area contributed by atoms with Gasteiger partial charge in [-0.25, -0.2) is 4.79 Å². The lowest BCUT2D eigenvalue weighted by atomic mass is 10.3. The minimum absolute atomic E-state index is 0.00364. The standard InChI is InChI=1S/C10H14N2O3/c1-11-4-6-12(7-5-11)9-3-2-8(15-9)10(13)14/h2-3H,4-7H2,1H3,(H,13,14). The van der Waals surface area contributed by atoms with Crippen LogP contribution in [0.3, 0.4) is 0 Å². The van der Waals surface area contributed by atoms with Gasteiger partial charge in [-0.2, -0.15) is 0 Å². The summed E-state index contributed by atoms with van der Waals surface area (Å²) in [5.74, 6) is -0.361. The summed E-state index contributed by atoms with van der Waals surface area (Å²) in [5.41, 5.74) is 0. The molecule has 0 saturated carbocycles. The van der Waals surface area contributed by atoms with Crippen molar-refractivity contribution in [1.82, 2.24) is 4.90 Å². The van der Waals surface area contributed by atoms with E-state index in [1.54, 1.807) is 6.07 Å². The summed E-state index contributed by atoms with van der Waals surface area (Å²) in [7, 11) is 2.07. The molecule has 0 bridgehead atoms. The highest BCUT2D eigenvalue weighted by atomic mass is 16.4. The van der Waals surface area contributed by atoms with Crippen LogP contribution in [0.4, 0.5) is 5.88 Å². The molecule has 5 heteroatoms. The Morgan fingerprint density at radius 3 is 2.53 bits per heavy atom. The number of nitrogens with zero attached hydrogens (tertiary/aromatic N) is 2. The van der Waals surface area contributed by atoms with E-state index in [2.05, 4.69) is 16.8 Å². The van der Waals surface area contributed by atoms with Gasteiger partial charge in [-0.15, -0.1) is 0 Å². The van der Waals surface area contributed by atoms with E-state index < -0.39 is 5.97 Å². The van der Waals surface area contributed by atoms with Crippen molar-refractivity contribution in [2.45, 2.75) is 0 Å². The molecule has 1 aliphatic rings. The first-order chi connectivity index (χ1) is 7.16. The summed E-state index contributed by atoms with van der Waals surface area (Å²) in [4.78, 5) is 14.9. The van der Waals surface area contributed by atoms with E-state index in [9.17, 15) is 4.79 Å². The van der Waals surface area contributed by atoms with Gasteiger partial charge in [-0.05, 0) is 13.1 Å². The number of hydrogen-bond acceptors (Lipinski definition) is 4. The van der Waals surface area contributed by atoms with Gasteiger partial charge in [0.05, 0.1) is 0 Å². The molecule has 0 aliphatic carbocycles. The van der Waals surface area contributed by atoms with E-state index in [0.717, 1.165) is 26.2 Å². The molecule has 15 heavy (non-hydrogen) atoms. The van der Waals surface area contributed by atoms with Gasteiger partial charge in [0.15, 0.2) is 5.88 Å². The number of hydrogen-bond donors (Lipinski definition) is 1. The van der Waals surface area contributed by atoms with Crippen LogP contribution in [0, 0.1) is 0 Å². The lowest BCUT2D eigenvalue weighted by Crippen LogP contribution is -2.44. The molecule has 82 valence electrons. The van der Waals surface area contributed by atoms with Crippen molar-refractivity contribution in [2.75, 3.05) is 38.1 Å². The molecule has 5 nitrogen and oxygen atoms in total. The van der Waals surface area contributed by atoms with Crippen LogP contribution < -0.4 is 4.90 Å². The normalized spacial score (nSPS) is 18.1. The molecule has 0 spiro atoms.